The van der Waals surface area contributed by atoms with Crippen LogP contribution in [0.4, 0.5) is 0 Å². The zero-order valence-electron chi connectivity index (χ0n) is 32.5. The molecule has 2 nitrogen and oxygen atoms in total. The predicted molar refractivity (Wildman–Crippen MR) is 216 cm³/mol. The first-order valence-electron chi connectivity index (χ1n) is 21.3. The highest BCUT2D eigenvalue weighted by atomic mass is 15.1. The molecule has 274 valence electrons. The van der Waals surface area contributed by atoms with Crippen molar-refractivity contribution in [2.24, 2.45) is 0 Å². The molecule has 2 unspecified atom stereocenters. The monoisotopic (exact) mass is 669 g/mol. The van der Waals surface area contributed by atoms with Crippen LogP contribution in [0.1, 0.15) is 204 Å². The van der Waals surface area contributed by atoms with Crippen LogP contribution in [-0.4, -0.2) is 9.55 Å². The second-order valence-corrected chi connectivity index (χ2v) is 15.5. The van der Waals surface area contributed by atoms with Gasteiger partial charge in [0.25, 0.3) is 0 Å². The average molecular weight is 669 g/mol. The van der Waals surface area contributed by atoms with Gasteiger partial charge in [-0.1, -0.05) is 229 Å². The summed E-state index contributed by atoms with van der Waals surface area (Å²) >= 11 is 0. The fraction of sp³-hybridized carbons (Fsp3) is 0.681. The number of aromatic nitrogens is 2. The molecule has 0 aliphatic heterocycles. The molecule has 0 amide bonds. The Morgan fingerprint density at radius 3 is 1.45 bits per heavy atom. The predicted octanol–water partition coefficient (Wildman–Crippen LogP) is 15.0. The van der Waals surface area contributed by atoms with E-state index in [9.17, 15) is 0 Å². The van der Waals surface area contributed by atoms with Crippen LogP contribution >= 0.6 is 0 Å². The third kappa shape index (κ3) is 16.5. The third-order valence-corrected chi connectivity index (χ3v) is 11.3. The number of hydrogen-bond donors (Lipinski definition) is 0. The maximum atomic E-state index is 5.16. The summed E-state index contributed by atoms with van der Waals surface area (Å²) in [5.41, 5.74) is 2.84. The van der Waals surface area contributed by atoms with Crippen molar-refractivity contribution in [3.8, 4) is 0 Å². The van der Waals surface area contributed by atoms with Gasteiger partial charge < -0.3 is 4.57 Å². The molecule has 0 fully saturated rings. The molecular formula is C47H76N2. The molecule has 0 saturated heterocycles. The molecule has 3 aromatic rings. The Kier molecular flexibility index (Phi) is 22.2. The molecule has 1 heterocycles. The third-order valence-electron chi connectivity index (χ3n) is 11.3. The highest BCUT2D eigenvalue weighted by molar-refractivity contribution is 5.33. The van der Waals surface area contributed by atoms with Crippen LogP contribution in [-0.2, 0) is 18.4 Å². The summed E-state index contributed by atoms with van der Waals surface area (Å²) in [4.78, 5) is 5.16. The molecule has 49 heavy (non-hydrogen) atoms. The van der Waals surface area contributed by atoms with Gasteiger partial charge in [-0.05, 0) is 30.4 Å². The highest BCUT2D eigenvalue weighted by Crippen LogP contribution is 2.44. The zero-order chi connectivity index (χ0) is 34.7. The van der Waals surface area contributed by atoms with E-state index in [-0.39, 0.29) is 5.41 Å². The Balaban J connectivity index is 1.58. The summed E-state index contributed by atoms with van der Waals surface area (Å²) in [7, 11) is 0. The van der Waals surface area contributed by atoms with Gasteiger partial charge in [0.1, 0.15) is 5.82 Å². The molecule has 3 rings (SSSR count). The summed E-state index contributed by atoms with van der Waals surface area (Å²) in [6, 6.07) is 22.6. The largest absolute Gasteiger partial charge is 0.335 e. The lowest BCUT2D eigenvalue weighted by Gasteiger charge is -2.39. The van der Waals surface area contributed by atoms with Gasteiger partial charge in [-0.15, -0.1) is 0 Å². The molecule has 2 aromatic carbocycles. The van der Waals surface area contributed by atoms with E-state index in [0.29, 0.717) is 5.92 Å². The minimum absolute atomic E-state index is 0.0277. The van der Waals surface area contributed by atoms with E-state index in [1.54, 1.807) is 0 Å². The van der Waals surface area contributed by atoms with Crippen LogP contribution < -0.4 is 0 Å². The number of benzene rings is 2. The van der Waals surface area contributed by atoms with Crippen LogP contribution in [0.5, 0.6) is 0 Å². The Morgan fingerprint density at radius 1 is 0.531 bits per heavy atom. The lowest BCUT2D eigenvalue weighted by Crippen LogP contribution is -2.35. The van der Waals surface area contributed by atoms with Crippen molar-refractivity contribution in [1.82, 2.24) is 9.55 Å². The van der Waals surface area contributed by atoms with Crippen molar-refractivity contribution in [3.05, 3.63) is 90.0 Å². The second-order valence-electron chi connectivity index (χ2n) is 15.5. The maximum Gasteiger partial charge on any atom is 0.112 e. The Hall–Kier alpha value is -2.35. The van der Waals surface area contributed by atoms with Crippen LogP contribution in [0.2, 0.25) is 0 Å². The summed E-state index contributed by atoms with van der Waals surface area (Å²) in [5, 5.41) is 0. The van der Waals surface area contributed by atoms with Crippen LogP contribution in [0.3, 0.4) is 0 Å². The van der Waals surface area contributed by atoms with Crippen molar-refractivity contribution in [2.45, 2.75) is 206 Å². The number of nitrogens with zero attached hydrogens (tertiary/aromatic N) is 2. The zero-order valence-corrected chi connectivity index (χ0v) is 32.5. The maximum absolute atomic E-state index is 5.16. The second kappa shape index (κ2) is 26.5. The summed E-state index contributed by atoms with van der Waals surface area (Å²) in [5.74, 6) is 1.69. The molecule has 2 heteroatoms. The van der Waals surface area contributed by atoms with E-state index >= 15 is 0 Å². The van der Waals surface area contributed by atoms with E-state index in [1.165, 1.54) is 177 Å². The van der Waals surface area contributed by atoms with Crippen molar-refractivity contribution in [3.63, 3.8) is 0 Å². The van der Waals surface area contributed by atoms with Gasteiger partial charge in [0.15, 0.2) is 0 Å². The van der Waals surface area contributed by atoms with E-state index in [1.807, 2.05) is 0 Å². The molecule has 0 aliphatic carbocycles. The molecule has 0 aliphatic rings. The quantitative estimate of drug-likeness (QED) is 0.0624. The van der Waals surface area contributed by atoms with Gasteiger partial charge in [0.2, 0.25) is 0 Å². The molecule has 2 atom stereocenters. The topological polar surface area (TPSA) is 17.8 Å². The number of imidazole rings is 1. The molecular weight excluding hydrogens is 593 g/mol. The van der Waals surface area contributed by atoms with Crippen molar-refractivity contribution >= 4 is 0 Å². The minimum Gasteiger partial charge on any atom is -0.335 e. The van der Waals surface area contributed by atoms with E-state index in [4.69, 9.17) is 4.98 Å². The Bertz CT molecular complexity index is 1150. The Morgan fingerprint density at radius 2 is 0.959 bits per heavy atom. The molecule has 0 saturated carbocycles. The first-order chi connectivity index (χ1) is 24.2. The molecule has 0 N–H and O–H groups in total. The van der Waals surface area contributed by atoms with Crippen LogP contribution in [0.25, 0.3) is 0 Å². The number of hydrogen-bond acceptors (Lipinski definition) is 1. The normalized spacial score (nSPS) is 13.4. The first-order valence-corrected chi connectivity index (χ1v) is 21.3. The SMILES string of the molecule is CCCCCCCCCCCCCCC(c1nccn1CCCCCCCCCCCCCC)C(C)(Cc1ccccc1)c1ccccc1. The van der Waals surface area contributed by atoms with Crippen LogP contribution in [0.15, 0.2) is 73.1 Å². The van der Waals surface area contributed by atoms with Crippen LogP contribution in [0, 0.1) is 0 Å². The minimum atomic E-state index is -0.0277. The van der Waals surface area contributed by atoms with Gasteiger partial charge in [0.05, 0.1) is 0 Å². The molecule has 1 aromatic heterocycles. The van der Waals surface area contributed by atoms with Crippen molar-refractivity contribution in [2.75, 3.05) is 0 Å². The molecule has 0 radical (unpaired) electrons. The number of rotatable bonds is 31. The lowest BCUT2D eigenvalue weighted by atomic mass is 9.66. The first kappa shape index (κ1) is 41.1. The van der Waals surface area contributed by atoms with E-state index in [0.717, 1.165) is 13.0 Å². The van der Waals surface area contributed by atoms with Gasteiger partial charge in [-0.2, -0.15) is 0 Å². The Labute approximate surface area is 304 Å². The van der Waals surface area contributed by atoms with Crippen molar-refractivity contribution in [1.29, 1.82) is 0 Å². The summed E-state index contributed by atoms with van der Waals surface area (Å²) in [6.07, 6.45) is 40.0. The average Bonchev–Trinajstić information content (AvgIpc) is 3.59. The van der Waals surface area contributed by atoms with E-state index in [2.05, 4.69) is 98.4 Å². The number of unbranched alkanes of at least 4 members (excludes halogenated alkanes) is 22. The summed E-state index contributed by atoms with van der Waals surface area (Å²) < 4.78 is 2.54. The van der Waals surface area contributed by atoms with Gasteiger partial charge in [-0.3, -0.25) is 0 Å². The fourth-order valence-electron chi connectivity index (χ4n) is 8.13. The van der Waals surface area contributed by atoms with Gasteiger partial charge in [0, 0.05) is 30.3 Å². The smallest absolute Gasteiger partial charge is 0.112 e. The molecule has 0 bridgehead atoms. The van der Waals surface area contributed by atoms with Gasteiger partial charge in [-0.25, -0.2) is 4.98 Å². The highest BCUT2D eigenvalue weighted by Gasteiger charge is 2.39. The molecule has 0 spiro atoms. The number of aryl methyl sites for hydroxylation is 1. The lowest BCUT2D eigenvalue weighted by molar-refractivity contribution is 0.321. The van der Waals surface area contributed by atoms with Gasteiger partial charge >= 0.3 is 0 Å². The van der Waals surface area contributed by atoms with E-state index < -0.39 is 0 Å². The van der Waals surface area contributed by atoms with Crippen molar-refractivity contribution < 1.29 is 0 Å². The standard InChI is InChI=1S/C47H76N2/c1-4-6-8-10-12-14-16-18-20-22-24-32-38-45(47(3,44-36-30-27-31-37-44)42-43-34-28-26-29-35-43)46-48-39-41-49(46)40-33-25-23-21-19-17-15-13-11-9-7-5-2/h26-31,34-37,39,41,45H,4-25,32-33,38,40,42H2,1-3H3. The summed E-state index contributed by atoms with van der Waals surface area (Å²) in [6.45, 7) is 8.24. The fourth-order valence-corrected chi connectivity index (χ4v) is 8.13.